The van der Waals surface area contributed by atoms with Gasteiger partial charge in [-0.3, -0.25) is 4.79 Å². The maximum absolute atomic E-state index is 11.5. The summed E-state index contributed by atoms with van der Waals surface area (Å²) in [4.78, 5) is 15.0. The predicted octanol–water partition coefficient (Wildman–Crippen LogP) is 5.45. The highest BCUT2D eigenvalue weighted by atomic mass is 16.5. The van der Waals surface area contributed by atoms with E-state index in [1.807, 2.05) is 6.07 Å². The summed E-state index contributed by atoms with van der Waals surface area (Å²) in [5.74, 6) is 0.441. The maximum Gasteiger partial charge on any atom is 0.308 e. The van der Waals surface area contributed by atoms with Gasteiger partial charge < -0.3 is 24.7 Å². The monoisotopic (exact) mass is 493 g/mol. The number of benzene rings is 2. The Morgan fingerprint density at radius 3 is 2.61 bits per heavy atom. The molecule has 0 fully saturated rings. The van der Waals surface area contributed by atoms with Gasteiger partial charge in [-0.1, -0.05) is 45.0 Å². The summed E-state index contributed by atoms with van der Waals surface area (Å²) in [6, 6.07) is 10.6. The molecule has 1 aromatic heterocycles. The summed E-state index contributed by atoms with van der Waals surface area (Å²) in [6.45, 7) is 10.8. The van der Waals surface area contributed by atoms with Crippen molar-refractivity contribution in [2.45, 2.75) is 89.9 Å². The van der Waals surface area contributed by atoms with Crippen LogP contribution in [-0.2, 0) is 27.8 Å². The molecule has 1 aliphatic rings. The molecule has 2 unspecified atom stereocenters. The van der Waals surface area contributed by atoms with Gasteiger partial charge in [0.25, 0.3) is 0 Å². The minimum Gasteiger partial charge on any atom is -0.487 e. The highest BCUT2D eigenvalue weighted by Gasteiger charge is 2.37. The SMILES string of the molecule is COC(=O)CC(O)CC(O)CCc1c2c(cc(-c3[nH]cc4ccccc34)c1C(C)(C)C)CC(C)(C)O2. The van der Waals surface area contributed by atoms with E-state index in [0.717, 1.165) is 23.4 Å². The van der Waals surface area contributed by atoms with Crippen molar-refractivity contribution < 1.29 is 24.5 Å². The van der Waals surface area contributed by atoms with E-state index in [4.69, 9.17) is 4.74 Å². The molecule has 0 spiro atoms. The summed E-state index contributed by atoms with van der Waals surface area (Å²) in [7, 11) is 1.29. The first kappa shape index (κ1) is 26.2. The number of aliphatic hydroxyl groups excluding tert-OH is 2. The van der Waals surface area contributed by atoms with Crippen LogP contribution in [-0.4, -0.2) is 46.1 Å². The molecule has 36 heavy (non-hydrogen) atoms. The molecule has 3 N–H and O–H groups in total. The van der Waals surface area contributed by atoms with Gasteiger partial charge in [-0.25, -0.2) is 0 Å². The summed E-state index contributed by atoms with van der Waals surface area (Å²) in [5.41, 5.74) is 5.26. The van der Waals surface area contributed by atoms with Crippen molar-refractivity contribution in [2.24, 2.45) is 0 Å². The Kier molecular flexibility index (Phi) is 7.22. The van der Waals surface area contributed by atoms with Crippen LogP contribution in [0.4, 0.5) is 0 Å². The van der Waals surface area contributed by atoms with Crippen molar-refractivity contribution in [3.8, 4) is 17.0 Å². The lowest BCUT2D eigenvalue weighted by Gasteiger charge is -2.29. The molecule has 2 aromatic carbocycles. The second-order valence-corrected chi connectivity index (χ2v) is 11.7. The van der Waals surface area contributed by atoms with E-state index in [-0.39, 0.29) is 23.9 Å². The molecule has 0 saturated carbocycles. The van der Waals surface area contributed by atoms with Crippen molar-refractivity contribution in [1.82, 2.24) is 4.98 Å². The van der Waals surface area contributed by atoms with Crippen LogP contribution in [0.15, 0.2) is 36.5 Å². The van der Waals surface area contributed by atoms with Gasteiger partial charge in [0.05, 0.1) is 31.4 Å². The minimum atomic E-state index is -0.938. The predicted molar refractivity (Wildman–Crippen MR) is 142 cm³/mol. The summed E-state index contributed by atoms with van der Waals surface area (Å²) >= 11 is 0. The topological polar surface area (TPSA) is 91.8 Å². The van der Waals surface area contributed by atoms with E-state index in [9.17, 15) is 15.0 Å². The van der Waals surface area contributed by atoms with Crippen LogP contribution < -0.4 is 4.74 Å². The summed E-state index contributed by atoms with van der Waals surface area (Å²) in [6.07, 6.45) is 2.22. The number of ether oxygens (including phenoxy) is 2. The third-order valence-corrected chi connectivity index (χ3v) is 6.97. The van der Waals surface area contributed by atoms with Gasteiger partial charge in [0.2, 0.25) is 0 Å². The number of H-pyrrole nitrogens is 1. The van der Waals surface area contributed by atoms with E-state index < -0.39 is 18.2 Å². The molecule has 6 heteroatoms. The number of methoxy groups -OCH3 is 1. The molecule has 1 aliphatic heterocycles. The molecule has 0 bridgehead atoms. The Labute approximate surface area is 213 Å². The number of aliphatic hydroxyl groups is 2. The highest BCUT2D eigenvalue weighted by molar-refractivity contribution is 5.97. The van der Waals surface area contributed by atoms with Gasteiger partial charge in [0, 0.05) is 23.6 Å². The number of hydrogen-bond donors (Lipinski definition) is 3. The number of carbonyl (C=O) groups is 1. The normalized spacial score (nSPS) is 16.4. The lowest BCUT2D eigenvalue weighted by Crippen LogP contribution is -2.25. The zero-order valence-electron chi connectivity index (χ0n) is 22.3. The maximum atomic E-state index is 11.5. The van der Waals surface area contributed by atoms with Gasteiger partial charge in [0.15, 0.2) is 0 Å². The van der Waals surface area contributed by atoms with Crippen molar-refractivity contribution in [2.75, 3.05) is 7.11 Å². The molecule has 0 amide bonds. The molecule has 3 aromatic rings. The Bertz CT molecular complexity index is 1250. The van der Waals surface area contributed by atoms with E-state index in [0.29, 0.717) is 12.8 Å². The number of hydrogen-bond acceptors (Lipinski definition) is 5. The average molecular weight is 494 g/mol. The Morgan fingerprint density at radius 2 is 1.92 bits per heavy atom. The molecule has 4 rings (SSSR count). The van der Waals surface area contributed by atoms with Crippen LogP contribution in [0, 0.1) is 0 Å². The number of esters is 1. The Morgan fingerprint density at radius 1 is 1.19 bits per heavy atom. The van der Waals surface area contributed by atoms with E-state index in [1.54, 1.807) is 0 Å². The molecule has 2 atom stereocenters. The molecule has 0 aliphatic carbocycles. The molecule has 0 saturated heterocycles. The lowest BCUT2D eigenvalue weighted by atomic mass is 9.76. The number of rotatable bonds is 8. The fraction of sp³-hybridized carbons (Fsp3) is 0.500. The van der Waals surface area contributed by atoms with Crippen molar-refractivity contribution in [3.63, 3.8) is 0 Å². The second kappa shape index (κ2) is 9.91. The van der Waals surface area contributed by atoms with Crippen LogP contribution in [0.5, 0.6) is 5.75 Å². The fourth-order valence-corrected chi connectivity index (χ4v) is 5.51. The van der Waals surface area contributed by atoms with Crippen LogP contribution in [0.3, 0.4) is 0 Å². The van der Waals surface area contributed by atoms with E-state index in [1.165, 1.54) is 34.6 Å². The first-order chi connectivity index (χ1) is 16.9. The number of nitrogens with one attached hydrogen (secondary N) is 1. The highest BCUT2D eigenvalue weighted by Crippen LogP contribution is 2.48. The van der Waals surface area contributed by atoms with E-state index >= 15 is 0 Å². The number of aromatic amines is 1. The zero-order chi connectivity index (χ0) is 26.3. The van der Waals surface area contributed by atoms with Crippen molar-refractivity contribution in [3.05, 3.63) is 53.2 Å². The number of aromatic nitrogens is 1. The Balaban J connectivity index is 1.76. The van der Waals surface area contributed by atoms with E-state index in [2.05, 4.69) is 74.8 Å². The van der Waals surface area contributed by atoms with Gasteiger partial charge in [0.1, 0.15) is 11.4 Å². The lowest BCUT2D eigenvalue weighted by molar-refractivity contribution is -0.143. The molecule has 194 valence electrons. The van der Waals surface area contributed by atoms with Crippen molar-refractivity contribution >= 4 is 16.7 Å². The first-order valence-electron chi connectivity index (χ1n) is 12.8. The second-order valence-electron chi connectivity index (χ2n) is 11.7. The van der Waals surface area contributed by atoms with Gasteiger partial charge in [-0.05, 0) is 66.7 Å². The fourth-order valence-electron chi connectivity index (χ4n) is 5.51. The Hall–Kier alpha value is -2.83. The molecule has 2 heterocycles. The van der Waals surface area contributed by atoms with Gasteiger partial charge >= 0.3 is 5.97 Å². The van der Waals surface area contributed by atoms with Gasteiger partial charge in [-0.2, -0.15) is 0 Å². The molecule has 6 nitrogen and oxygen atoms in total. The van der Waals surface area contributed by atoms with Crippen LogP contribution >= 0.6 is 0 Å². The first-order valence-corrected chi connectivity index (χ1v) is 12.8. The average Bonchev–Trinajstić information content (AvgIpc) is 3.35. The zero-order valence-corrected chi connectivity index (χ0v) is 22.3. The quantitative estimate of drug-likeness (QED) is 0.363. The third kappa shape index (κ3) is 5.45. The van der Waals surface area contributed by atoms with Crippen LogP contribution in [0.25, 0.3) is 22.0 Å². The molecule has 0 radical (unpaired) electrons. The van der Waals surface area contributed by atoms with Crippen LogP contribution in [0.2, 0.25) is 0 Å². The number of fused-ring (bicyclic) bond motifs is 2. The smallest absolute Gasteiger partial charge is 0.308 e. The molecular weight excluding hydrogens is 454 g/mol. The molecular formula is C30H39NO5. The third-order valence-electron chi connectivity index (χ3n) is 6.97. The standard InChI is InChI=1S/C30H39NO5/c1-29(2,3)26-23(12-11-20(32)14-21(33)15-25(34)35-6)28-19(16-30(4,5)36-28)13-24(26)27-22-10-8-7-9-18(22)17-31-27/h7-10,13,17,20-21,31-33H,11-12,14-16H2,1-6H3. The van der Waals surface area contributed by atoms with Crippen LogP contribution in [0.1, 0.15) is 70.6 Å². The number of carbonyl (C=O) groups excluding carboxylic acids is 1. The largest absolute Gasteiger partial charge is 0.487 e. The summed E-state index contributed by atoms with van der Waals surface area (Å²) < 4.78 is 11.1. The van der Waals surface area contributed by atoms with Gasteiger partial charge in [-0.15, -0.1) is 0 Å². The minimum absolute atomic E-state index is 0.120. The van der Waals surface area contributed by atoms with Crippen molar-refractivity contribution in [1.29, 1.82) is 0 Å². The summed E-state index contributed by atoms with van der Waals surface area (Å²) in [5, 5.41) is 23.3.